The van der Waals surface area contributed by atoms with Crippen LogP contribution in [0.15, 0.2) is 0 Å². The van der Waals surface area contributed by atoms with E-state index in [-0.39, 0.29) is 18.4 Å². The largest absolute Gasteiger partial charge is 0.381 e. The van der Waals surface area contributed by atoms with Gasteiger partial charge in [-0.2, -0.15) is 5.26 Å². The maximum Gasteiger partial charge on any atom is 0.243 e. The van der Waals surface area contributed by atoms with Crippen LogP contribution >= 0.6 is 0 Å². The molecule has 1 heterocycles. The zero-order valence-corrected chi connectivity index (χ0v) is 11.5. The number of nitrogens with two attached hydrogens (primary N) is 1. The molecule has 0 bridgehead atoms. The quantitative estimate of drug-likeness (QED) is 0.773. The van der Waals surface area contributed by atoms with E-state index in [1.165, 1.54) is 4.90 Å². The van der Waals surface area contributed by atoms with Crippen LogP contribution in [0.4, 0.5) is 0 Å². The second kappa shape index (κ2) is 6.53. The molecule has 1 fully saturated rings. The molecule has 106 valence electrons. The summed E-state index contributed by atoms with van der Waals surface area (Å²) in [4.78, 5) is 25.1. The summed E-state index contributed by atoms with van der Waals surface area (Å²) in [6.45, 7) is 4.97. The minimum atomic E-state index is -1.07. The average Bonchev–Trinajstić information content (AvgIpc) is 2.36. The molecule has 1 aliphatic heterocycles. The topological polar surface area (TPSA) is 96.4 Å². The van der Waals surface area contributed by atoms with Crippen molar-refractivity contribution in [3.8, 4) is 6.07 Å². The molecule has 0 saturated carbocycles. The molecule has 0 spiro atoms. The Labute approximate surface area is 113 Å². The molecule has 19 heavy (non-hydrogen) atoms. The van der Waals surface area contributed by atoms with Crippen molar-refractivity contribution in [1.82, 2.24) is 4.90 Å². The first kappa shape index (κ1) is 15.4. The molecule has 1 aliphatic rings. The molecule has 0 atom stereocenters. The Bertz CT molecular complexity index is 381. The van der Waals surface area contributed by atoms with Gasteiger partial charge in [0.2, 0.25) is 11.8 Å². The predicted octanol–water partition coefficient (Wildman–Crippen LogP) is 0.277. The summed E-state index contributed by atoms with van der Waals surface area (Å²) < 4.78 is 5.21. The summed E-state index contributed by atoms with van der Waals surface area (Å²) in [6.07, 6.45) is 0.741. The lowest BCUT2D eigenvalue weighted by Crippen LogP contribution is -2.50. The zero-order valence-electron chi connectivity index (χ0n) is 11.5. The molecule has 1 saturated heterocycles. The highest BCUT2D eigenvalue weighted by Gasteiger charge is 2.43. The van der Waals surface area contributed by atoms with Gasteiger partial charge >= 0.3 is 0 Å². The van der Waals surface area contributed by atoms with Gasteiger partial charge in [0.05, 0.1) is 12.6 Å². The Hall–Kier alpha value is -1.61. The van der Waals surface area contributed by atoms with E-state index in [4.69, 9.17) is 10.5 Å². The number of rotatable bonds is 5. The Balaban J connectivity index is 2.89. The van der Waals surface area contributed by atoms with Crippen molar-refractivity contribution in [3.05, 3.63) is 0 Å². The maximum absolute atomic E-state index is 12.6. The second-order valence-electron chi connectivity index (χ2n) is 5.35. The standard InChI is InChI=1S/C13H21N3O3/c1-10(2)7-16(8-11(15)17)12(18)13(9-14)3-5-19-6-4-13/h10H,3-8H2,1-2H3,(H2,15,17). The Morgan fingerprint density at radius 1 is 1.42 bits per heavy atom. The molecule has 0 aromatic heterocycles. The fraction of sp³-hybridized carbons (Fsp3) is 0.769. The van der Waals surface area contributed by atoms with Crippen LogP contribution in [0.25, 0.3) is 0 Å². The zero-order chi connectivity index (χ0) is 14.5. The van der Waals surface area contributed by atoms with E-state index in [9.17, 15) is 14.9 Å². The molecular weight excluding hydrogens is 246 g/mol. The van der Waals surface area contributed by atoms with Crippen molar-refractivity contribution < 1.29 is 14.3 Å². The number of amides is 2. The first-order valence-electron chi connectivity index (χ1n) is 6.48. The van der Waals surface area contributed by atoms with Gasteiger partial charge in [0, 0.05) is 19.8 Å². The van der Waals surface area contributed by atoms with E-state index in [0.29, 0.717) is 32.6 Å². The fourth-order valence-corrected chi connectivity index (χ4v) is 2.24. The predicted molar refractivity (Wildman–Crippen MR) is 68.7 cm³/mol. The monoisotopic (exact) mass is 267 g/mol. The van der Waals surface area contributed by atoms with Crippen molar-refractivity contribution in [2.75, 3.05) is 26.3 Å². The molecule has 1 rings (SSSR count). The number of nitrogens with zero attached hydrogens (tertiary/aromatic N) is 2. The van der Waals surface area contributed by atoms with Crippen LogP contribution in [0.2, 0.25) is 0 Å². The highest BCUT2D eigenvalue weighted by Crippen LogP contribution is 2.32. The summed E-state index contributed by atoms with van der Waals surface area (Å²) >= 11 is 0. The van der Waals surface area contributed by atoms with Crippen molar-refractivity contribution in [1.29, 1.82) is 5.26 Å². The molecule has 2 amide bonds. The number of primary amides is 1. The third kappa shape index (κ3) is 3.93. The van der Waals surface area contributed by atoms with Gasteiger partial charge in [-0.1, -0.05) is 13.8 Å². The van der Waals surface area contributed by atoms with Crippen molar-refractivity contribution in [2.24, 2.45) is 17.1 Å². The summed E-state index contributed by atoms with van der Waals surface area (Å²) in [5.74, 6) is -0.654. The first-order chi connectivity index (χ1) is 8.91. The molecular formula is C13H21N3O3. The van der Waals surface area contributed by atoms with Gasteiger partial charge in [-0.25, -0.2) is 0 Å². The van der Waals surface area contributed by atoms with Gasteiger partial charge in [0.1, 0.15) is 5.41 Å². The fourth-order valence-electron chi connectivity index (χ4n) is 2.24. The minimum Gasteiger partial charge on any atom is -0.381 e. The van der Waals surface area contributed by atoms with E-state index in [0.717, 1.165) is 0 Å². The highest BCUT2D eigenvalue weighted by molar-refractivity contribution is 5.89. The number of hydrogen-bond donors (Lipinski definition) is 1. The van der Waals surface area contributed by atoms with Gasteiger partial charge in [-0.15, -0.1) is 0 Å². The maximum atomic E-state index is 12.6. The van der Waals surface area contributed by atoms with E-state index in [1.54, 1.807) is 0 Å². The average molecular weight is 267 g/mol. The van der Waals surface area contributed by atoms with Gasteiger partial charge in [-0.05, 0) is 18.8 Å². The van der Waals surface area contributed by atoms with Crippen LogP contribution in [0.1, 0.15) is 26.7 Å². The Morgan fingerprint density at radius 3 is 2.42 bits per heavy atom. The molecule has 0 aromatic rings. The van der Waals surface area contributed by atoms with Crippen LogP contribution in [0, 0.1) is 22.7 Å². The lowest BCUT2D eigenvalue weighted by atomic mass is 9.80. The number of nitriles is 1. The number of ether oxygens (including phenoxy) is 1. The Morgan fingerprint density at radius 2 is 2.00 bits per heavy atom. The molecule has 0 radical (unpaired) electrons. The summed E-state index contributed by atoms with van der Waals surface area (Å²) in [5.41, 5.74) is 4.11. The smallest absolute Gasteiger partial charge is 0.243 e. The third-order valence-electron chi connectivity index (χ3n) is 3.19. The van der Waals surface area contributed by atoms with Gasteiger partial charge in [-0.3, -0.25) is 9.59 Å². The molecule has 6 nitrogen and oxygen atoms in total. The summed E-state index contributed by atoms with van der Waals surface area (Å²) in [7, 11) is 0. The van der Waals surface area contributed by atoms with E-state index in [1.807, 2.05) is 13.8 Å². The van der Waals surface area contributed by atoms with Gasteiger partial charge in [0.15, 0.2) is 0 Å². The first-order valence-corrected chi connectivity index (χ1v) is 6.48. The lowest BCUT2D eigenvalue weighted by molar-refractivity contribution is -0.146. The highest BCUT2D eigenvalue weighted by atomic mass is 16.5. The summed E-state index contributed by atoms with van der Waals surface area (Å²) in [6, 6.07) is 2.12. The van der Waals surface area contributed by atoms with Crippen LogP contribution in [0.5, 0.6) is 0 Å². The SMILES string of the molecule is CC(C)CN(CC(N)=O)C(=O)C1(C#N)CCOCC1. The van der Waals surface area contributed by atoms with Crippen LogP contribution < -0.4 is 5.73 Å². The van der Waals surface area contributed by atoms with E-state index in [2.05, 4.69) is 6.07 Å². The number of hydrogen-bond acceptors (Lipinski definition) is 4. The molecule has 2 N–H and O–H groups in total. The van der Waals surface area contributed by atoms with E-state index >= 15 is 0 Å². The normalized spacial score (nSPS) is 17.8. The minimum absolute atomic E-state index is 0.138. The Kier molecular flexibility index (Phi) is 5.31. The summed E-state index contributed by atoms with van der Waals surface area (Å²) in [5, 5.41) is 9.36. The molecule has 0 unspecified atom stereocenters. The molecule has 0 aliphatic carbocycles. The van der Waals surface area contributed by atoms with Crippen molar-refractivity contribution >= 4 is 11.8 Å². The lowest BCUT2D eigenvalue weighted by Gasteiger charge is -2.35. The van der Waals surface area contributed by atoms with E-state index < -0.39 is 11.3 Å². The number of carbonyl (C=O) groups excluding carboxylic acids is 2. The van der Waals surface area contributed by atoms with Gasteiger partial charge in [0.25, 0.3) is 0 Å². The van der Waals surface area contributed by atoms with Crippen molar-refractivity contribution in [3.63, 3.8) is 0 Å². The van der Waals surface area contributed by atoms with Crippen molar-refractivity contribution in [2.45, 2.75) is 26.7 Å². The third-order valence-corrected chi connectivity index (χ3v) is 3.19. The van der Waals surface area contributed by atoms with Crippen LogP contribution in [0.3, 0.4) is 0 Å². The van der Waals surface area contributed by atoms with Crippen LogP contribution in [-0.4, -0.2) is 43.0 Å². The molecule has 6 heteroatoms. The van der Waals surface area contributed by atoms with Crippen LogP contribution in [-0.2, 0) is 14.3 Å². The molecule has 0 aromatic carbocycles. The second-order valence-corrected chi connectivity index (χ2v) is 5.35. The van der Waals surface area contributed by atoms with Gasteiger partial charge < -0.3 is 15.4 Å². The number of carbonyl (C=O) groups is 2.